The number of carbonyl (C=O) groups is 1. The minimum absolute atomic E-state index is 0.0193. The maximum absolute atomic E-state index is 12.4. The molecule has 1 aliphatic rings. The van der Waals surface area contributed by atoms with E-state index in [1.165, 1.54) is 12.1 Å². The van der Waals surface area contributed by atoms with E-state index in [1.54, 1.807) is 17.0 Å². The van der Waals surface area contributed by atoms with Crippen LogP contribution in [0, 0.1) is 5.41 Å². The summed E-state index contributed by atoms with van der Waals surface area (Å²) in [5.41, 5.74) is 6.61. The SMILES string of the molecule is CC1(C)CN(C(=O)Cc2cccc(OC(F)F)c2)CCC1N. The lowest BCUT2D eigenvalue weighted by atomic mass is 9.79. The number of carbonyl (C=O) groups excluding carboxylic acids is 1. The molecule has 122 valence electrons. The number of likely N-dealkylation sites (tertiary alicyclic amines) is 1. The molecule has 1 heterocycles. The molecule has 0 aromatic heterocycles. The van der Waals surface area contributed by atoms with Crippen LogP contribution in [0.25, 0.3) is 0 Å². The fourth-order valence-corrected chi connectivity index (χ4v) is 2.70. The second-order valence-electron chi connectivity index (χ2n) is 6.40. The molecular formula is C16H22F2N2O2. The second-order valence-corrected chi connectivity index (χ2v) is 6.40. The van der Waals surface area contributed by atoms with Crippen molar-refractivity contribution in [3.63, 3.8) is 0 Å². The first kappa shape index (κ1) is 16.7. The predicted octanol–water partition coefficient (Wildman–Crippen LogP) is 2.42. The minimum Gasteiger partial charge on any atom is -0.435 e. The van der Waals surface area contributed by atoms with Crippen molar-refractivity contribution in [1.82, 2.24) is 4.90 Å². The summed E-state index contributed by atoms with van der Waals surface area (Å²) in [4.78, 5) is 14.2. The van der Waals surface area contributed by atoms with Gasteiger partial charge in [0.1, 0.15) is 5.75 Å². The average molecular weight is 312 g/mol. The second kappa shape index (κ2) is 6.60. The predicted molar refractivity (Wildman–Crippen MR) is 79.7 cm³/mol. The zero-order chi connectivity index (χ0) is 16.3. The van der Waals surface area contributed by atoms with Crippen molar-refractivity contribution in [2.45, 2.75) is 39.3 Å². The number of hydrogen-bond acceptors (Lipinski definition) is 3. The monoisotopic (exact) mass is 312 g/mol. The van der Waals surface area contributed by atoms with Gasteiger partial charge in [-0.3, -0.25) is 4.79 Å². The average Bonchev–Trinajstić information content (AvgIpc) is 2.41. The molecule has 2 N–H and O–H groups in total. The van der Waals surface area contributed by atoms with Gasteiger partial charge in [-0.1, -0.05) is 26.0 Å². The Morgan fingerprint density at radius 1 is 1.50 bits per heavy atom. The Morgan fingerprint density at radius 3 is 2.86 bits per heavy atom. The third kappa shape index (κ3) is 4.16. The fourth-order valence-electron chi connectivity index (χ4n) is 2.70. The third-order valence-corrected chi connectivity index (χ3v) is 4.14. The molecule has 1 atom stereocenters. The Kier molecular flexibility index (Phi) is 5.01. The van der Waals surface area contributed by atoms with Crippen LogP contribution in [0.4, 0.5) is 8.78 Å². The van der Waals surface area contributed by atoms with Gasteiger partial charge in [0.15, 0.2) is 0 Å². The molecule has 22 heavy (non-hydrogen) atoms. The molecule has 1 aliphatic heterocycles. The number of benzene rings is 1. The lowest BCUT2D eigenvalue weighted by molar-refractivity contribution is -0.133. The van der Waals surface area contributed by atoms with Crippen molar-refractivity contribution >= 4 is 5.91 Å². The molecule has 4 nitrogen and oxygen atoms in total. The van der Waals surface area contributed by atoms with Crippen molar-refractivity contribution < 1.29 is 18.3 Å². The van der Waals surface area contributed by atoms with Gasteiger partial charge in [0.25, 0.3) is 0 Å². The van der Waals surface area contributed by atoms with E-state index in [-0.39, 0.29) is 29.5 Å². The van der Waals surface area contributed by atoms with Crippen LogP contribution in [0.15, 0.2) is 24.3 Å². The maximum Gasteiger partial charge on any atom is 0.387 e. The summed E-state index contributed by atoms with van der Waals surface area (Å²) in [5, 5.41) is 0. The molecule has 1 fully saturated rings. The van der Waals surface area contributed by atoms with Crippen LogP contribution in [-0.2, 0) is 11.2 Å². The number of rotatable bonds is 4. The Hall–Kier alpha value is -1.69. The van der Waals surface area contributed by atoms with E-state index in [0.29, 0.717) is 18.7 Å². The maximum atomic E-state index is 12.4. The topological polar surface area (TPSA) is 55.6 Å². The molecule has 0 radical (unpaired) electrons. The highest BCUT2D eigenvalue weighted by atomic mass is 19.3. The molecule has 2 rings (SSSR count). The summed E-state index contributed by atoms with van der Waals surface area (Å²) in [7, 11) is 0. The zero-order valence-electron chi connectivity index (χ0n) is 12.9. The van der Waals surface area contributed by atoms with Gasteiger partial charge in [-0.15, -0.1) is 0 Å². The molecule has 1 saturated heterocycles. The van der Waals surface area contributed by atoms with Crippen molar-refractivity contribution in [1.29, 1.82) is 0 Å². The first-order chi connectivity index (χ1) is 10.3. The summed E-state index contributed by atoms with van der Waals surface area (Å²) in [6.07, 6.45) is 0.943. The largest absolute Gasteiger partial charge is 0.435 e. The number of halogens is 2. The highest BCUT2D eigenvalue weighted by Gasteiger charge is 2.35. The van der Waals surface area contributed by atoms with E-state index in [9.17, 15) is 13.6 Å². The van der Waals surface area contributed by atoms with E-state index in [2.05, 4.69) is 4.74 Å². The number of ether oxygens (including phenoxy) is 1. The molecule has 1 unspecified atom stereocenters. The van der Waals surface area contributed by atoms with Crippen LogP contribution in [0.1, 0.15) is 25.8 Å². The number of alkyl halides is 2. The Labute approximate surface area is 129 Å². The van der Waals surface area contributed by atoms with Gasteiger partial charge in [0.05, 0.1) is 6.42 Å². The smallest absolute Gasteiger partial charge is 0.387 e. The molecule has 0 saturated carbocycles. The summed E-state index contributed by atoms with van der Waals surface area (Å²) < 4.78 is 28.8. The van der Waals surface area contributed by atoms with Crippen LogP contribution in [-0.4, -0.2) is 36.5 Å². The molecule has 0 aliphatic carbocycles. The number of nitrogens with zero attached hydrogens (tertiary/aromatic N) is 1. The van der Waals surface area contributed by atoms with Gasteiger partial charge in [-0.25, -0.2) is 0 Å². The van der Waals surface area contributed by atoms with Crippen LogP contribution < -0.4 is 10.5 Å². The summed E-state index contributed by atoms with van der Waals surface area (Å²) in [6, 6.07) is 6.35. The van der Waals surface area contributed by atoms with Gasteiger partial charge in [0, 0.05) is 19.1 Å². The number of nitrogens with two attached hydrogens (primary N) is 1. The van der Waals surface area contributed by atoms with Crippen molar-refractivity contribution in [2.24, 2.45) is 11.1 Å². The standard InChI is InChI=1S/C16H22F2N2O2/c1-16(2)10-20(7-6-13(16)19)14(21)9-11-4-3-5-12(8-11)22-15(17)18/h3-5,8,13,15H,6-7,9-10,19H2,1-2H3. The van der Waals surface area contributed by atoms with Gasteiger partial charge in [-0.2, -0.15) is 8.78 Å². The lowest BCUT2D eigenvalue weighted by Crippen LogP contribution is -2.54. The highest BCUT2D eigenvalue weighted by Crippen LogP contribution is 2.28. The molecule has 1 amide bonds. The summed E-state index contributed by atoms with van der Waals surface area (Å²) >= 11 is 0. The Balaban J connectivity index is 2.00. The number of amides is 1. The molecule has 1 aromatic rings. The first-order valence-electron chi connectivity index (χ1n) is 7.35. The molecule has 0 bridgehead atoms. The quantitative estimate of drug-likeness (QED) is 0.929. The molecule has 1 aromatic carbocycles. The van der Waals surface area contributed by atoms with Crippen LogP contribution >= 0.6 is 0 Å². The lowest BCUT2D eigenvalue weighted by Gasteiger charge is -2.42. The fraction of sp³-hybridized carbons (Fsp3) is 0.562. The van der Waals surface area contributed by atoms with Crippen molar-refractivity contribution in [3.05, 3.63) is 29.8 Å². The van der Waals surface area contributed by atoms with E-state index in [4.69, 9.17) is 5.73 Å². The summed E-state index contributed by atoms with van der Waals surface area (Å²) in [5.74, 6) is 0.0514. The van der Waals surface area contributed by atoms with Crippen molar-refractivity contribution in [3.8, 4) is 5.75 Å². The van der Waals surface area contributed by atoms with Gasteiger partial charge in [0.2, 0.25) is 5.91 Å². The molecular weight excluding hydrogens is 290 g/mol. The zero-order valence-corrected chi connectivity index (χ0v) is 12.9. The summed E-state index contributed by atoms with van der Waals surface area (Å²) in [6.45, 7) is 2.48. The van der Waals surface area contributed by atoms with E-state index in [1.807, 2.05) is 13.8 Å². The highest BCUT2D eigenvalue weighted by molar-refractivity contribution is 5.79. The first-order valence-corrected chi connectivity index (χ1v) is 7.35. The van der Waals surface area contributed by atoms with Crippen LogP contribution in [0.2, 0.25) is 0 Å². The van der Waals surface area contributed by atoms with E-state index in [0.717, 1.165) is 6.42 Å². The number of piperidine rings is 1. The normalized spacial score (nSPS) is 21.0. The minimum atomic E-state index is -2.87. The third-order valence-electron chi connectivity index (χ3n) is 4.14. The Bertz CT molecular complexity index is 535. The van der Waals surface area contributed by atoms with E-state index < -0.39 is 6.61 Å². The van der Waals surface area contributed by atoms with Gasteiger partial charge in [-0.05, 0) is 29.5 Å². The molecule has 0 spiro atoms. The van der Waals surface area contributed by atoms with E-state index >= 15 is 0 Å². The number of hydrogen-bond donors (Lipinski definition) is 1. The molecule has 6 heteroatoms. The Morgan fingerprint density at radius 2 is 2.23 bits per heavy atom. The van der Waals surface area contributed by atoms with Crippen LogP contribution in [0.3, 0.4) is 0 Å². The van der Waals surface area contributed by atoms with Gasteiger partial charge < -0.3 is 15.4 Å². The van der Waals surface area contributed by atoms with Gasteiger partial charge >= 0.3 is 6.61 Å². The van der Waals surface area contributed by atoms with Crippen LogP contribution in [0.5, 0.6) is 5.75 Å². The van der Waals surface area contributed by atoms with Crippen molar-refractivity contribution in [2.75, 3.05) is 13.1 Å².